The Hall–Kier alpha value is -1.82. The summed E-state index contributed by atoms with van der Waals surface area (Å²) in [4.78, 5) is 11.5. The number of carbonyl (C=O) groups excluding carboxylic acids is 1. The molecule has 16 heavy (non-hydrogen) atoms. The smallest absolute Gasteiger partial charge is 0.184 e. The van der Waals surface area contributed by atoms with Crippen LogP contribution in [-0.2, 0) is 0 Å². The van der Waals surface area contributed by atoms with Crippen LogP contribution in [0.25, 0.3) is 0 Å². The van der Waals surface area contributed by atoms with Crippen LogP contribution >= 0.6 is 12.2 Å². The van der Waals surface area contributed by atoms with E-state index >= 15 is 0 Å². The van der Waals surface area contributed by atoms with Gasteiger partial charge in [-0.1, -0.05) is 0 Å². The average molecular weight is 239 g/mol. The first-order chi connectivity index (χ1) is 7.59. The molecule has 0 bridgehead atoms. The number of hydrogen-bond donors (Lipinski definition) is 2. The largest absolute Gasteiger partial charge is 0.375 e. The quantitative estimate of drug-likeness (QED) is 0.359. The molecule has 0 atom stereocenters. The molecular formula is C10H10FN3OS. The molecule has 0 radical (unpaired) electrons. The summed E-state index contributed by atoms with van der Waals surface area (Å²) in [6.07, 6.45) is 1.45. The van der Waals surface area contributed by atoms with Crippen LogP contribution in [-0.4, -0.2) is 17.1 Å². The van der Waals surface area contributed by atoms with Crippen molar-refractivity contribution >= 4 is 29.3 Å². The summed E-state index contributed by atoms with van der Waals surface area (Å²) >= 11 is 4.51. The Morgan fingerprint density at radius 2 is 2.12 bits per heavy atom. The molecule has 1 rings (SSSR count). The third kappa shape index (κ3) is 4.14. The van der Waals surface area contributed by atoms with Crippen molar-refractivity contribution in [3.05, 3.63) is 35.6 Å². The van der Waals surface area contributed by atoms with Gasteiger partial charge in [0.05, 0.1) is 0 Å². The van der Waals surface area contributed by atoms with Crippen LogP contribution in [0, 0.1) is 5.82 Å². The maximum Gasteiger partial charge on any atom is 0.184 e. The summed E-state index contributed by atoms with van der Waals surface area (Å²) in [6.45, 7) is 0. The lowest BCUT2D eigenvalue weighted by Gasteiger charge is -1.97. The lowest BCUT2D eigenvalue weighted by atomic mass is 10.1. The number of nitrogens with two attached hydrogens (primary N) is 1. The highest BCUT2D eigenvalue weighted by Gasteiger charge is 2.03. The van der Waals surface area contributed by atoms with Gasteiger partial charge in [-0.2, -0.15) is 5.10 Å². The first-order valence-electron chi connectivity index (χ1n) is 4.45. The van der Waals surface area contributed by atoms with Crippen molar-refractivity contribution in [1.29, 1.82) is 0 Å². The van der Waals surface area contributed by atoms with Gasteiger partial charge < -0.3 is 5.73 Å². The summed E-state index contributed by atoms with van der Waals surface area (Å²) < 4.78 is 12.6. The van der Waals surface area contributed by atoms with Gasteiger partial charge >= 0.3 is 0 Å². The van der Waals surface area contributed by atoms with Crippen molar-refractivity contribution in [1.82, 2.24) is 5.43 Å². The van der Waals surface area contributed by atoms with Gasteiger partial charge in [-0.25, -0.2) is 4.39 Å². The van der Waals surface area contributed by atoms with E-state index in [1.54, 1.807) is 0 Å². The molecule has 0 aliphatic carbocycles. The predicted molar refractivity (Wildman–Crippen MR) is 63.8 cm³/mol. The topological polar surface area (TPSA) is 67.5 Å². The standard InChI is InChI=1S/C10H10FN3OS/c11-8-3-1-7(2-4-8)9(15)5-6-13-14-10(12)16/h1-4,6H,5H2,(H3,12,14,16)/b13-6+. The van der Waals surface area contributed by atoms with Gasteiger partial charge in [-0.05, 0) is 36.5 Å². The van der Waals surface area contributed by atoms with Crippen LogP contribution in [0.1, 0.15) is 16.8 Å². The van der Waals surface area contributed by atoms with E-state index in [0.29, 0.717) is 5.56 Å². The van der Waals surface area contributed by atoms with Crippen molar-refractivity contribution < 1.29 is 9.18 Å². The first kappa shape index (κ1) is 12.3. The Kier molecular flexibility index (Phi) is 4.53. The van der Waals surface area contributed by atoms with Gasteiger partial charge in [-0.15, -0.1) is 0 Å². The molecule has 0 aliphatic heterocycles. The Labute approximate surface area is 97.3 Å². The van der Waals surface area contributed by atoms with Gasteiger partial charge in [0, 0.05) is 18.2 Å². The molecule has 0 fully saturated rings. The molecule has 0 amide bonds. The molecule has 1 aromatic carbocycles. The highest BCUT2D eigenvalue weighted by Crippen LogP contribution is 2.04. The fraction of sp³-hybridized carbons (Fsp3) is 0.100. The number of Topliss-reactive ketones (excluding diaryl/α,β-unsaturated/α-hetero) is 1. The van der Waals surface area contributed by atoms with E-state index in [-0.39, 0.29) is 23.1 Å². The summed E-state index contributed by atoms with van der Waals surface area (Å²) in [5, 5.41) is 3.65. The van der Waals surface area contributed by atoms with Crippen molar-refractivity contribution in [3.63, 3.8) is 0 Å². The number of thiocarbonyl (C=S) groups is 1. The predicted octanol–water partition coefficient (Wildman–Crippen LogP) is 1.22. The second-order valence-corrected chi connectivity index (χ2v) is 3.36. The summed E-state index contributed by atoms with van der Waals surface area (Å²) in [5.41, 5.74) is 7.88. The van der Waals surface area contributed by atoms with Gasteiger partial charge in [0.2, 0.25) is 0 Å². The van der Waals surface area contributed by atoms with Gasteiger partial charge in [0.25, 0.3) is 0 Å². The molecule has 0 aliphatic rings. The molecule has 6 heteroatoms. The summed E-state index contributed by atoms with van der Waals surface area (Å²) in [7, 11) is 0. The highest BCUT2D eigenvalue weighted by molar-refractivity contribution is 7.80. The van der Waals surface area contributed by atoms with E-state index in [2.05, 4.69) is 22.7 Å². The number of nitrogens with one attached hydrogen (secondary N) is 1. The zero-order chi connectivity index (χ0) is 12.0. The van der Waals surface area contributed by atoms with E-state index < -0.39 is 0 Å². The number of hydrogen-bond acceptors (Lipinski definition) is 3. The van der Waals surface area contributed by atoms with Crippen molar-refractivity contribution in [2.24, 2.45) is 10.8 Å². The number of ketones is 1. The average Bonchev–Trinajstić information content (AvgIpc) is 2.25. The second kappa shape index (κ2) is 5.92. The molecule has 1 aromatic rings. The number of rotatable bonds is 4. The van der Waals surface area contributed by atoms with E-state index in [0.717, 1.165) is 0 Å². The van der Waals surface area contributed by atoms with Crippen molar-refractivity contribution in [2.45, 2.75) is 6.42 Å². The molecule has 4 nitrogen and oxygen atoms in total. The van der Waals surface area contributed by atoms with Gasteiger partial charge in [0.1, 0.15) is 5.82 Å². The number of benzene rings is 1. The number of nitrogens with zero attached hydrogens (tertiary/aromatic N) is 1. The van der Waals surface area contributed by atoms with Gasteiger partial charge in [-0.3, -0.25) is 10.2 Å². The zero-order valence-corrected chi connectivity index (χ0v) is 9.13. The third-order valence-electron chi connectivity index (χ3n) is 1.71. The minimum Gasteiger partial charge on any atom is -0.375 e. The van der Waals surface area contributed by atoms with E-state index in [4.69, 9.17) is 5.73 Å². The van der Waals surface area contributed by atoms with E-state index in [1.165, 1.54) is 30.5 Å². The van der Waals surface area contributed by atoms with Gasteiger partial charge in [0.15, 0.2) is 10.9 Å². The summed E-state index contributed by atoms with van der Waals surface area (Å²) in [6, 6.07) is 5.31. The van der Waals surface area contributed by atoms with Crippen molar-refractivity contribution in [2.75, 3.05) is 0 Å². The van der Waals surface area contributed by atoms with Crippen LogP contribution < -0.4 is 11.2 Å². The molecule has 0 spiro atoms. The van der Waals surface area contributed by atoms with Crippen LogP contribution in [0.15, 0.2) is 29.4 Å². The molecule has 0 heterocycles. The van der Waals surface area contributed by atoms with E-state index in [1.807, 2.05) is 0 Å². The molecule has 0 aromatic heterocycles. The monoisotopic (exact) mass is 239 g/mol. The minimum atomic E-state index is -0.375. The Morgan fingerprint density at radius 1 is 1.50 bits per heavy atom. The Morgan fingerprint density at radius 3 is 2.69 bits per heavy atom. The zero-order valence-electron chi connectivity index (χ0n) is 8.31. The number of hydrazone groups is 1. The fourth-order valence-electron chi connectivity index (χ4n) is 0.991. The van der Waals surface area contributed by atoms with Crippen LogP contribution in [0.2, 0.25) is 0 Å². The molecule has 3 N–H and O–H groups in total. The van der Waals surface area contributed by atoms with E-state index in [9.17, 15) is 9.18 Å². The van der Waals surface area contributed by atoms with Crippen LogP contribution in [0.4, 0.5) is 4.39 Å². The molecular weight excluding hydrogens is 229 g/mol. The fourth-order valence-corrected chi connectivity index (χ4v) is 1.04. The lowest BCUT2D eigenvalue weighted by molar-refractivity contribution is 0.100. The number of halogens is 1. The second-order valence-electron chi connectivity index (χ2n) is 2.92. The first-order valence-corrected chi connectivity index (χ1v) is 4.86. The molecule has 0 saturated carbocycles. The summed E-state index contributed by atoms with van der Waals surface area (Å²) in [5.74, 6) is -0.533. The Balaban J connectivity index is 2.50. The SMILES string of the molecule is NC(=S)N/N=C/CC(=O)c1ccc(F)cc1. The molecule has 0 saturated heterocycles. The minimum absolute atomic E-state index is 0.0329. The van der Waals surface area contributed by atoms with Crippen LogP contribution in [0.3, 0.4) is 0 Å². The molecule has 0 unspecified atom stereocenters. The maximum absolute atomic E-state index is 12.6. The normalized spacial score (nSPS) is 10.3. The van der Waals surface area contributed by atoms with Crippen LogP contribution in [0.5, 0.6) is 0 Å². The maximum atomic E-state index is 12.6. The third-order valence-corrected chi connectivity index (χ3v) is 1.80. The number of carbonyl (C=O) groups is 1. The van der Waals surface area contributed by atoms with Crippen molar-refractivity contribution in [3.8, 4) is 0 Å². The lowest BCUT2D eigenvalue weighted by Crippen LogP contribution is -2.24. The highest BCUT2D eigenvalue weighted by atomic mass is 32.1. The molecule has 84 valence electrons. The Bertz CT molecular complexity index is 417.